The van der Waals surface area contributed by atoms with Gasteiger partial charge in [-0.15, -0.1) is 6.58 Å². The molecule has 0 fully saturated rings. The van der Waals surface area contributed by atoms with E-state index in [9.17, 15) is 9.90 Å². The Morgan fingerprint density at radius 2 is 1.62 bits per heavy atom. The molecule has 0 heterocycles. The fourth-order valence-corrected chi connectivity index (χ4v) is 3.35. The molecule has 0 saturated heterocycles. The van der Waals surface area contributed by atoms with Crippen molar-refractivity contribution in [3.8, 4) is 5.75 Å². The normalized spacial score (nSPS) is 13.6. The molecule has 1 aromatic rings. The Balaban J connectivity index is 3.33. The SMILES string of the molecule is C=C[C@H](Cc1cc(C(C)(C)C)c(O)c(C(C)(C)C)c1)SC(=O)CO. The van der Waals surface area contributed by atoms with Crippen LogP contribution in [-0.2, 0) is 22.0 Å². The van der Waals surface area contributed by atoms with E-state index in [0.717, 1.165) is 28.5 Å². The van der Waals surface area contributed by atoms with Gasteiger partial charge in [-0.3, -0.25) is 4.79 Å². The zero-order valence-electron chi connectivity index (χ0n) is 15.6. The lowest BCUT2D eigenvalue weighted by molar-refractivity contribution is -0.113. The van der Waals surface area contributed by atoms with Gasteiger partial charge >= 0.3 is 0 Å². The van der Waals surface area contributed by atoms with Crippen LogP contribution in [0.1, 0.15) is 58.2 Å². The molecule has 0 aromatic heterocycles. The molecule has 0 saturated carbocycles. The standard InChI is InChI=1S/C20H30O3S/c1-8-14(24-17(22)12-21)9-13-10-15(19(2,3)4)18(23)16(11-13)20(5,6)7/h8,10-11,14,21,23H,1,9,12H2,2-7H3/t14-/m1/s1. The van der Waals surface area contributed by atoms with Crippen LogP contribution in [0.15, 0.2) is 24.8 Å². The van der Waals surface area contributed by atoms with Crippen molar-refractivity contribution in [2.24, 2.45) is 0 Å². The molecule has 0 radical (unpaired) electrons. The molecule has 2 N–H and O–H groups in total. The minimum absolute atomic E-state index is 0.102. The Kier molecular flexibility index (Phi) is 6.71. The fraction of sp³-hybridized carbons (Fsp3) is 0.550. The number of rotatable bonds is 5. The zero-order chi connectivity index (χ0) is 18.7. The van der Waals surface area contributed by atoms with Gasteiger partial charge in [0, 0.05) is 5.25 Å². The lowest BCUT2D eigenvalue weighted by Gasteiger charge is -2.28. The van der Waals surface area contributed by atoms with E-state index in [1.807, 2.05) is 12.1 Å². The smallest absolute Gasteiger partial charge is 0.214 e. The first kappa shape index (κ1) is 20.8. The number of aliphatic hydroxyl groups excluding tert-OH is 1. The number of benzene rings is 1. The van der Waals surface area contributed by atoms with Crippen molar-refractivity contribution in [1.29, 1.82) is 0 Å². The molecule has 24 heavy (non-hydrogen) atoms. The average molecular weight is 351 g/mol. The van der Waals surface area contributed by atoms with Gasteiger partial charge in [0.05, 0.1) is 0 Å². The summed E-state index contributed by atoms with van der Waals surface area (Å²) in [6.45, 7) is 15.8. The third-order valence-corrected chi connectivity index (χ3v) is 4.95. The molecule has 1 rings (SSSR count). The van der Waals surface area contributed by atoms with E-state index in [-0.39, 0.29) is 21.2 Å². The molecule has 0 bridgehead atoms. The molecule has 134 valence electrons. The Hall–Kier alpha value is -1.26. The Morgan fingerprint density at radius 3 is 1.96 bits per heavy atom. The highest BCUT2D eigenvalue weighted by molar-refractivity contribution is 8.14. The van der Waals surface area contributed by atoms with E-state index in [4.69, 9.17) is 5.11 Å². The van der Waals surface area contributed by atoms with Gasteiger partial charge in [-0.05, 0) is 33.9 Å². The van der Waals surface area contributed by atoms with Gasteiger partial charge in [0.25, 0.3) is 0 Å². The second-order valence-electron chi connectivity index (χ2n) is 8.17. The molecule has 3 nitrogen and oxygen atoms in total. The number of aliphatic hydroxyl groups is 1. The molecule has 4 heteroatoms. The summed E-state index contributed by atoms with van der Waals surface area (Å²) >= 11 is 1.10. The number of hydrogen-bond acceptors (Lipinski definition) is 4. The Bertz CT molecular complexity index is 571. The van der Waals surface area contributed by atoms with Crippen molar-refractivity contribution < 1.29 is 15.0 Å². The van der Waals surface area contributed by atoms with Crippen LogP contribution in [0.3, 0.4) is 0 Å². The van der Waals surface area contributed by atoms with Crippen molar-refractivity contribution in [1.82, 2.24) is 0 Å². The highest BCUT2D eigenvalue weighted by atomic mass is 32.2. The van der Waals surface area contributed by atoms with Gasteiger partial charge in [0.15, 0.2) is 0 Å². The van der Waals surface area contributed by atoms with Crippen LogP contribution < -0.4 is 0 Å². The number of carbonyl (C=O) groups excluding carboxylic acids is 1. The second-order valence-corrected chi connectivity index (χ2v) is 9.46. The first-order valence-corrected chi connectivity index (χ1v) is 9.08. The molecule has 0 spiro atoms. The summed E-state index contributed by atoms with van der Waals surface area (Å²) in [6.07, 6.45) is 2.37. The molecular formula is C20H30O3S. The van der Waals surface area contributed by atoms with Crippen molar-refractivity contribution in [2.75, 3.05) is 6.61 Å². The third-order valence-electron chi connectivity index (χ3n) is 3.90. The van der Waals surface area contributed by atoms with E-state index in [2.05, 4.69) is 48.1 Å². The van der Waals surface area contributed by atoms with E-state index >= 15 is 0 Å². The summed E-state index contributed by atoms with van der Waals surface area (Å²) in [5, 5.41) is 19.3. The van der Waals surface area contributed by atoms with Crippen LogP contribution in [0, 0.1) is 0 Å². The summed E-state index contributed by atoms with van der Waals surface area (Å²) in [5.41, 5.74) is 2.51. The zero-order valence-corrected chi connectivity index (χ0v) is 16.5. The van der Waals surface area contributed by atoms with Crippen LogP contribution >= 0.6 is 11.8 Å². The van der Waals surface area contributed by atoms with Crippen LogP contribution in [-0.4, -0.2) is 27.2 Å². The summed E-state index contributed by atoms with van der Waals surface area (Å²) in [7, 11) is 0. The summed E-state index contributed by atoms with van der Waals surface area (Å²) in [4.78, 5) is 11.5. The maximum absolute atomic E-state index is 11.5. The number of carbonyl (C=O) groups is 1. The fourth-order valence-electron chi connectivity index (χ4n) is 2.57. The van der Waals surface area contributed by atoms with Gasteiger partial charge in [0.1, 0.15) is 12.4 Å². The van der Waals surface area contributed by atoms with Crippen molar-refractivity contribution in [3.05, 3.63) is 41.5 Å². The third kappa shape index (κ3) is 5.38. The predicted octanol–water partition coefficient (Wildman–Crippen LogP) is 4.34. The Morgan fingerprint density at radius 1 is 1.17 bits per heavy atom. The van der Waals surface area contributed by atoms with Gasteiger partial charge in [-0.2, -0.15) is 0 Å². The largest absolute Gasteiger partial charge is 0.507 e. The highest BCUT2D eigenvalue weighted by Crippen LogP contribution is 2.40. The average Bonchev–Trinajstić information content (AvgIpc) is 2.45. The van der Waals surface area contributed by atoms with Crippen LogP contribution in [0.25, 0.3) is 0 Å². The predicted molar refractivity (Wildman–Crippen MR) is 103 cm³/mol. The number of thioether (sulfide) groups is 1. The topological polar surface area (TPSA) is 57.5 Å². The molecule has 0 aliphatic rings. The first-order valence-electron chi connectivity index (χ1n) is 8.20. The van der Waals surface area contributed by atoms with E-state index in [0.29, 0.717) is 12.2 Å². The minimum Gasteiger partial charge on any atom is -0.507 e. The maximum atomic E-state index is 11.5. The van der Waals surface area contributed by atoms with Crippen LogP contribution in [0.2, 0.25) is 0 Å². The molecule has 0 unspecified atom stereocenters. The number of hydrogen-bond donors (Lipinski definition) is 2. The van der Waals surface area contributed by atoms with E-state index in [1.54, 1.807) is 6.08 Å². The monoisotopic (exact) mass is 350 g/mol. The molecule has 0 aliphatic heterocycles. The van der Waals surface area contributed by atoms with E-state index in [1.165, 1.54) is 0 Å². The van der Waals surface area contributed by atoms with Gasteiger partial charge in [-0.25, -0.2) is 0 Å². The highest BCUT2D eigenvalue weighted by Gasteiger charge is 2.27. The van der Waals surface area contributed by atoms with E-state index < -0.39 is 6.61 Å². The molecule has 0 aliphatic carbocycles. The van der Waals surface area contributed by atoms with Crippen molar-refractivity contribution in [3.63, 3.8) is 0 Å². The van der Waals surface area contributed by atoms with Crippen LogP contribution in [0.5, 0.6) is 5.75 Å². The molecule has 0 amide bonds. The van der Waals surface area contributed by atoms with Crippen molar-refractivity contribution in [2.45, 2.75) is 64.0 Å². The lowest BCUT2D eigenvalue weighted by atomic mass is 9.78. The van der Waals surface area contributed by atoms with Gasteiger partial charge in [0.2, 0.25) is 5.12 Å². The molecule has 1 aromatic carbocycles. The molecule has 1 atom stereocenters. The number of phenols is 1. The van der Waals surface area contributed by atoms with Gasteiger partial charge in [-0.1, -0.05) is 71.5 Å². The number of aromatic hydroxyl groups is 1. The number of phenolic OH excluding ortho intramolecular Hbond substituents is 1. The van der Waals surface area contributed by atoms with Crippen molar-refractivity contribution >= 4 is 16.9 Å². The lowest BCUT2D eigenvalue weighted by Crippen LogP contribution is -2.19. The van der Waals surface area contributed by atoms with Crippen LogP contribution in [0.4, 0.5) is 0 Å². The maximum Gasteiger partial charge on any atom is 0.214 e. The summed E-state index contributed by atoms with van der Waals surface area (Å²) in [5.74, 6) is 0.355. The van der Waals surface area contributed by atoms with Gasteiger partial charge < -0.3 is 10.2 Å². The first-order chi connectivity index (χ1) is 10.9. The molecular weight excluding hydrogens is 320 g/mol. The Labute approximate surface area is 150 Å². The summed E-state index contributed by atoms with van der Waals surface area (Å²) < 4.78 is 0. The minimum atomic E-state index is -0.467. The summed E-state index contributed by atoms with van der Waals surface area (Å²) in [6, 6.07) is 4.04. The second kappa shape index (κ2) is 7.75. The quantitative estimate of drug-likeness (QED) is 0.776.